The molecule has 0 saturated carbocycles. The number of hydrogen-bond donors (Lipinski definition) is 0. The highest BCUT2D eigenvalue weighted by atomic mass is 79.9. The quantitative estimate of drug-likeness (QED) is 0.810. The van der Waals surface area contributed by atoms with Gasteiger partial charge in [-0.3, -0.25) is 0 Å². The van der Waals surface area contributed by atoms with E-state index < -0.39 is 0 Å². The molecule has 1 aliphatic rings. The summed E-state index contributed by atoms with van der Waals surface area (Å²) < 4.78 is 1.18. The first-order valence-corrected chi connectivity index (χ1v) is 6.84. The zero-order valence-corrected chi connectivity index (χ0v) is 11.8. The molecule has 0 spiro atoms. The number of hydrogen-bond acceptors (Lipinski definition) is 3. The van der Waals surface area contributed by atoms with Gasteiger partial charge < -0.3 is 4.90 Å². The number of benzene rings is 1. The summed E-state index contributed by atoms with van der Waals surface area (Å²) >= 11 is 3.63. The Balaban J connectivity index is 1.93. The zero-order chi connectivity index (χ0) is 12.5. The van der Waals surface area contributed by atoms with Gasteiger partial charge in [0.2, 0.25) is 5.95 Å². The predicted octanol–water partition coefficient (Wildman–Crippen LogP) is 3.11. The Morgan fingerprint density at radius 3 is 3.00 bits per heavy atom. The van der Waals surface area contributed by atoms with E-state index in [1.165, 1.54) is 15.6 Å². The van der Waals surface area contributed by atoms with Crippen molar-refractivity contribution >= 4 is 21.9 Å². The Labute approximate surface area is 115 Å². The van der Waals surface area contributed by atoms with Crippen LogP contribution in [0.2, 0.25) is 0 Å². The number of nitrogens with zero attached hydrogens (tertiary/aromatic N) is 3. The van der Waals surface area contributed by atoms with Crippen LogP contribution < -0.4 is 4.90 Å². The third-order valence-corrected chi connectivity index (χ3v) is 4.02. The van der Waals surface area contributed by atoms with Gasteiger partial charge in [0.25, 0.3) is 0 Å². The fraction of sp³-hybridized carbons (Fsp3) is 0.286. The Morgan fingerprint density at radius 1 is 1.28 bits per heavy atom. The molecule has 1 aromatic heterocycles. The smallest absolute Gasteiger partial charge is 0.225 e. The fourth-order valence-corrected chi connectivity index (χ4v) is 2.83. The van der Waals surface area contributed by atoms with E-state index in [1.807, 2.05) is 19.2 Å². The molecule has 2 heterocycles. The topological polar surface area (TPSA) is 29.0 Å². The van der Waals surface area contributed by atoms with Gasteiger partial charge in [0.05, 0.1) is 0 Å². The Kier molecular flexibility index (Phi) is 3.04. The highest BCUT2D eigenvalue weighted by molar-refractivity contribution is 9.10. The van der Waals surface area contributed by atoms with Gasteiger partial charge in [0.15, 0.2) is 0 Å². The predicted molar refractivity (Wildman–Crippen MR) is 75.7 cm³/mol. The normalized spacial score (nSPS) is 14.4. The third kappa shape index (κ3) is 2.12. The number of fused-ring (bicyclic) bond motifs is 1. The number of anilines is 1. The standard InChI is InChI=1S/C14H14BrN3/c1-10-5-7-16-14(17-10)18-8-6-11-3-2-4-13(15)12(11)9-18/h2-5,7H,6,8-9H2,1H3. The molecule has 0 N–H and O–H groups in total. The molecule has 92 valence electrons. The van der Waals surface area contributed by atoms with Crippen molar-refractivity contribution < 1.29 is 0 Å². The highest BCUT2D eigenvalue weighted by Crippen LogP contribution is 2.27. The van der Waals surface area contributed by atoms with Gasteiger partial charge in [-0.2, -0.15) is 0 Å². The van der Waals surface area contributed by atoms with Gasteiger partial charge in [-0.1, -0.05) is 28.1 Å². The van der Waals surface area contributed by atoms with Gasteiger partial charge in [0, 0.05) is 29.5 Å². The second-order valence-corrected chi connectivity index (χ2v) is 5.40. The van der Waals surface area contributed by atoms with Crippen molar-refractivity contribution in [2.24, 2.45) is 0 Å². The Hall–Kier alpha value is -1.42. The van der Waals surface area contributed by atoms with E-state index >= 15 is 0 Å². The van der Waals surface area contributed by atoms with Crippen LogP contribution in [0.4, 0.5) is 5.95 Å². The lowest BCUT2D eigenvalue weighted by Gasteiger charge is -2.29. The van der Waals surface area contributed by atoms with Crippen LogP contribution in [-0.4, -0.2) is 16.5 Å². The summed E-state index contributed by atoms with van der Waals surface area (Å²) in [7, 11) is 0. The number of rotatable bonds is 1. The molecule has 18 heavy (non-hydrogen) atoms. The third-order valence-electron chi connectivity index (χ3n) is 3.28. The molecule has 3 rings (SSSR count). The Morgan fingerprint density at radius 2 is 2.17 bits per heavy atom. The molecule has 0 unspecified atom stereocenters. The summed E-state index contributed by atoms with van der Waals surface area (Å²) in [6.45, 7) is 3.85. The molecule has 0 amide bonds. The monoisotopic (exact) mass is 303 g/mol. The van der Waals surface area contributed by atoms with Gasteiger partial charge in [0.1, 0.15) is 0 Å². The van der Waals surface area contributed by atoms with E-state index in [1.54, 1.807) is 0 Å². The molecule has 0 fully saturated rings. The maximum Gasteiger partial charge on any atom is 0.225 e. The summed E-state index contributed by atoms with van der Waals surface area (Å²) in [5.41, 5.74) is 3.79. The summed E-state index contributed by atoms with van der Waals surface area (Å²) in [5, 5.41) is 0. The van der Waals surface area contributed by atoms with Crippen LogP contribution in [0.3, 0.4) is 0 Å². The molecule has 3 nitrogen and oxygen atoms in total. The van der Waals surface area contributed by atoms with Crippen molar-refractivity contribution in [3.63, 3.8) is 0 Å². The van der Waals surface area contributed by atoms with Crippen molar-refractivity contribution in [1.82, 2.24) is 9.97 Å². The molecule has 0 aliphatic carbocycles. The zero-order valence-electron chi connectivity index (χ0n) is 10.2. The second kappa shape index (κ2) is 4.69. The molecule has 0 saturated heterocycles. The van der Waals surface area contributed by atoms with Gasteiger partial charge in [-0.15, -0.1) is 0 Å². The minimum absolute atomic E-state index is 0.830. The van der Waals surface area contributed by atoms with Crippen LogP contribution in [-0.2, 0) is 13.0 Å². The van der Waals surface area contributed by atoms with E-state index in [-0.39, 0.29) is 0 Å². The van der Waals surface area contributed by atoms with Crippen LogP contribution >= 0.6 is 15.9 Å². The minimum atomic E-state index is 0.830. The largest absolute Gasteiger partial charge is 0.336 e. The van der Waals surface area contributed by atoms with E-state index in [2.05, 4.69) is 49.0 Å². The summed E-state index contributed by atoms with van der Waals surface area (Å²) in [6.07, 6.45) is 2.87. The first-order chi connectivity index (χ1) is 8.74. The molecular weight excluding hydrogens is 290 g/mol. The summed E-state index contributed by atoms with van der Waals surface area (Å²) in [5.74, 6) is 0.830. The molecule has 1 aliphatic heterocycles. The lowest BCUT2D eigenvalue weighted by molar-refractivity contribution is 0.703. The van der Waals surface area contributed by atoms with Crippen LogP contribution in [0.15, 0.2) is 34.9 Å². The van der Waals surface area contributed by atoms with E-state index in [4.69, 9.17) is 0 Å². The van der Waals surface area contributed by atoms with Gasteiger partial charge in [-0.05, 0) is 36.6 Å². The molecular formula is C14H14BrN3. The molecule has 0 radical (unpaired) electrons. The second-order valence-electron chi connectivity index (χ2n) is 4.55. The van der Waals surface area contributed by atoms with E-state index in [9.17, 15) is 0 Å². The average molecular weight is 304 g/mol. The van der Waals surface area contributed by atoms with Crippen LogP contribution in [0.1, 0.15) is 16.8 Å². The maximum atomic E-state index is 4.50. The van der Waals surface area contributed by atoms with Crippen molar-refractivity contribution in [2.45, 2.75) is 19.9 Å². The average Bonchev–Trinajstić information content (AvgIpc) is 2.39. The molecule has 1 aromatic carbocycles. The van der Waals surface area contributed by atoms with Crippen molar-refractivity contribution in [3.8, 4) is 0 Å². The highest BCUT2D eigenvalue weighted by Gasteiger charge is 2.19. The van der Waals surface area contributed by atoms with Crippen molar-refractivity contribution in [2.75, 3.05) is 11.4 Å². The fourth-order valence-electron chi connectivity index (χ4n) is 2.30. The van der Waals surface area contributed by atoms with Gasteiger partial charge >= 0.3 is 0 Å². The Bertz CT molecular complexity index is 583. The van der Waals surface area contributed by atoms with Crippen molar-refractivity contribution in [1.29, 1.82) is 0 Å². The number of aryl methyl sites for hydroxylation is 1. The first kappa shape index (κ1) is 11.7. The molecule has 4 heteroatoms. The maximum absolute atomic E-state index is 4.50. The SMILES string of the molecule is Cc1ccnc(N2CCc3cccc(Br)c3C2)n1. The molecule has 0 bridgehead atoms. The molecule has 2 aromatic rings. The van der Waals surface area contributed by atoms with Crippen molar-refractivity contribution in [3.05, 3.63) is 51.8 Å². The number of aromatic nitrogens is 2. The summed E-state index contributed by atoms with van der Waals surface area (Å²) in [4.78, 5) is 11.1. The van der Waals surface area contributed by atoms with Crippen LogP contribution in [0.5, 0.6) is 0 Å². The van der Waals surface area contributed by atoms with Crippen LogP contribution in [0.25, 0.3) is 0 Å². The van der Waals surface area contributed by atoms with E-state index in [0.717, 1.165) is 31.2 Å². The lowest BCUT2D eigenvalue weighted by Crippen LogP contribution is -2.32. The lowest BCUT2D eigenvalue weighted by atomic mass is 10.0. The summed E-state index contributed by atoms with van der Waals surface area (Å²) in [6, 6.07) is 8.33. The number of halogens is 1. The minimum Gasteiger partial charge on any atom is -0.336 e. The van der Waals surface area contributed by atoms with Crippen LogP contribution in [0, 0.1) is 6.92 Å². The first-order valence-electron chi connectivity index (χ1n) is 6.05. The molecule has 0 atom stereocenters. The van der Waals surface area contributed by atoms with Gasteiger partial charge in [-0.25, -0.2) is 9.97 Å². The van der Waals surface area contributed by atoms with E-state index in [0.29, 0.717) is 0 Å².